The van der Waals surface area contributed by atoms with Crippen LogP contribution in [-0.4, -0.2) is 12.6 Å². The largest absolute Gasteiger partial charge is 0.313 e. The van der Waals surface area contributed by atoms with Gasteiger partial charge in [-0.25, -0.2) is 0 Å². The van der Waals surface area contributed by atoms with Crippen molar-refractivity contribution in [2.24, 2.45) is 5.92 Å². The van der Waals surface area contributed by atoms with Crippen molar-refractivity contribution in [2.45, 2.75) is 45.1 Å². The molecule has 1 atom stereocenters. The molecule has 0 radical (unpaired) electrons. The van der Waals surface area contributed by atoms with Crippen molar-refractivity contribution in [2.75, 3.05) is 6.54 Å². The minimum absolute atomic E-state index is 0.567. The lowest BCUT2D eigenvalue weighted by Gasteiger charge is -2.35. The average Bonchev–Trinajstić information content (AvgIpc) is 2.27. The van der Waals surface area contributed by atoms with Crippen molar-refractivity contribution in [3.05, 3.63) is 33.8 Å². The van der Waals surface area contributed by atoms with Gasteiger partial charge in [-0.1, -0.05) is 42.6 Å². The molecular formula is C15H21Cl2N. The first-order valence-corrected chi connectivity index (χ1v) is 7.63. The van der Waals surface area contributed by atoms with Crippen LogP contribution >= 0.6 is 23.2 Å². The fraction of sp³-hybridized carbons (Fsp3) is 0.600. The molecule has 0 amide bonds. The number of halogens is 2. The number of rotatable bonds is 6. The second-order valence-electron chi connectivity index (χ2n) is 5.19. The van der Waals surface area contributed by atoms with E-state index in [4.69, 9.17) is 23.2 Å². The standard InChI is InChI=1S/C15H21Cl2N/c1-2-8-18-15(11-4-3-5-11)9-12-6-7-13(16)10-14(12)17/h6-7,10-11,15,18H,2-5,8-9H2,1H3. The van der Waals surface area contributed by atoms with Gasteiger partial charge < -0.3 is 5.32 Å². The quantitative estimate of drug-likeness (QED) is 0.799. The van der Waals surface area contributed by atoms with Crippen LogP contribution in [-0.2, 0) is 6.42 Å². The molecule has 0 spiro atoms. The summed E-state index contributed by atoms with van der Waals surface area (Å²) in [6, 6.07) is 6.40. The molecule has 100 valence electrons. The number of nitrogens with one attached hydrogen (secondary N) is 1. The van der Waals surface area contributed by atoms with E-state index in [-0.39, 0.29) is 0 Å². The van der Waals surface area contributed by atoms with Gasteiger partial charge in [-0.2, -0.15) is 0 Å². The fourth-order valence-corrected chi connectivity index (χ4v) is 2.99. The number of benzene rings is 1. The summed E-state index contributed by atoms with van der Waals surface area (Å²) in [5.74, 6) is 0.822. The third kappa shape index (κ3) is 3.63. The molecule has 1 nitrogen and oxygen atoms in total. The first kappa shape index (κ1) is 14.2. The Balaban J connectivity index is 2.02. The summed E-state index contributed by atoms with van der Waals surface area (Å²) in [5.41, 5.74) is 1.21. The molecule has 0 saturated heterocycles. The van der Waals surface area contributed by atoms with E-state index < -0.39 is 0 Å². The molecule has 1 fully saturated rings. The predicted octanol–water partition coefficient (Wildman–Crippen LogP) is 4.70. The molecular weight excluding hydrogens is 265 g/mol. The van der Waals surface area contributed by atoms with Crippen LogP contribution in [0.4, 0.5) is 0 Å². The van der Waals surface area contributed by atoms with Gasteiger partial charge >= 0.3 is 0 Å². The van der Waals surface area contributed by atoms with Gasteiger partial charge in [0, 0.05) is 16.1 Å². The molecule has 3 heteroatoms. The Bertz CT molecular complexity index is 388. The molecule has 2 rings (SSSR count). The Hall–Kier alpha value is -0.240. The molecule has 0 aromatic heterocycles. The maximum absolute atomic E-state index is 6.26. The van der Waals surface area contributed by atoms with Crippen LogP contribution in [0.25, 0.3) is 0 Å². The molecule has 0 aliphatic heterocycles. The lowest BCUT2D eigenvalue weighted by atomic mass is 9.77. The van der Waals surface area contributed by atoms with Crippen molar-refractivity contribution in [3.63, 3.8) is 0 Å². The Labute approximate surface area is 120 Å². The van der Waals surface area contributed by atoms with Crippen LogP contribution in [0.1, 0.15) is 38.2 Å². The smallest absolute Gasteiger partial charge is 0.0453 e. The number of hydrogen-bond donors (Lipinski definition) is 1. The molecule has 0 heterocycles. The summed E-state index contributed by atoms with van der Waals surface area (Å²) in [6.07, 6.45) is 6.28. The molecule has 18 heavy (non-hydrogen) atoms. The maximum atomic E-state index is 6.26. The van der Waals surface area contributed by atoms with Crippen LogP contribution in [0, 0.1) is 5.92 Å². The van der Waals surface area contributed by atoms with Crippen LogP contribution < -0.4 is 5.32 Å². The van der Waals surface area contributed by atoms with Crippen LogP contribution in [0.15, 0.2) is 18.2 Å². The summed E-state index contributed by atoms with van der Waals surface area (Å²) < 4.78 is 0. The van der Waals surface area contributed by atoms with E-state index in [1.807, 2.05) is 12.1 Å². The summed E-state index contributed by atoms with van der Waals surface area (Å²) >= 11 is 12.2. The van der Waals surface area contributed by atoms with Gasteiger partial charge in [-0.05, 0) is 55.8 Å². The Morgan fingerprint density at radius 1 is 1.33 bits per heavy atom. The van der Waals surface area contributed by atoms with E-state index in [1.54, 1.807) is 0 Å². The zero-order chi connectivity index (χ0) is 13.0. The lowest BCUT2D eigenvalue weighted by molar-refractivity contribution is 0.227. The number of hydrogen-bond acceptors (Lipinski definition) is 1. The van der Waals surface area contributed by atoms with Gasteiger partial charge in [0.25, 0.3) is 0 Å². The van der Waals surface area contributed by atoms with Crippen molar-refractivity contribution in [1.29, 1.82) is 0 Å². The molecule has 1 aromatic carbocycles. The highest BCUT2D eigenvalue weighted by molar-refractivity contribution is 6.35. The average molecular weight is 286 g/mol. The monoisotopic (exact) mass is 285 g/mol. The molecule has 1 aromatic rings. The fourth-order valence-electron chi connectivity index (χ4n) is 2.50. The first-order valence-electron chi connectivity index (χ1n) is 6.88. The van der Waals surface area contributed by atoms with Crippen molar-refractivity contribution in [1.82, 2.24) is 5.32 Å². The van der Waals surface area contributed by atoms with Gasteiger partial charge in [0.15, 0.2) is 0 Å². The van der Waals surface area contributed by atoms with Crippen molar-refractivity contribution < 1.29 is 0 Å². The summed E-state index contributed by atoms with van der Waals surface area (Å²) in [7, 11) is 0. The maximum Gasteiger partial charge on any atom is 0.0453 e. The molecule has 1 saturated carbocycles. The van der Waals surface area contributed by atoms with Gasteiger partial charge in [0.2, 0.25) is 0 Å². The van der Waals surface area contributed by atoms with Gasteiger partial charge in [0.05, 0.1) is 0 Å². The third-order valence-electron chi connectivity index (χ3n) is 3.83. The van der Waals surface area contributed by atoms with Gasteiger partial charge in [-0.3, -0.25) is 0 Å². The predicted molar refractivity (Wildman–Crippen MR) is 79.6 cm³/mol. The highest BCUT2D eigenvalue weighted by atomic mass is 35.5. The summed E-state index contributed by atoms with van der Waals surface area (Å²) in [5, 5.41) is 5.18. The van der Waals surface area contributed by atoms with Crippen LogP contribution in [0.3, 0.4) is 0 Å². The van der Waals surface area contributed by atoms with E-state index in [9.17, 15) is 0 Å². The first-order chi connectivity index (χ1) is 8.70. The highest BCUT2D eigenvalue weighted by Gasteiger charge is 2.27. The SMILES string of the molecule is CCCNC(Cc1ccc(Cl)cc1Cl)C1CCC1. The third-order valence-corrected chi connectivity index (χ3v) is 4.42. The molecule has 0 bridgehead atoms. The van der Waals surface area contributed by atoms with E-state index in [0.717, 1.165) is 23.9 Å². The highest BCUT2D eigenvalue weighted by Crippen LogP contribution is 2.32. The van der Waals surface area contributed by atoms with E-state index in [0.29, 0.717) is 11.1 Å². The second kappa shape index (κ2) is 6.79. The Morgan fingerprint density at radius 2 is 2.11 bits per heavy atom. The zero-order valence-corrected chi connectivity index (χ0v) is 12.4. The van der Waals surface area contributed by atoms with Gasteiger partial charge in [0.1, 0.15) is 0 Å². The Morgan fingerprint density at radius 3 is 2.67 bits per heavy atom. The lowest BCUT2D eigenvalue weighted by Crippen LogP contribution is -2.41. The molecule has 1 aliphatic rings. The van der Waals surface area contributed by atoms with E-state index in [1.165, 1.54) is 31.2 Å². The molecule has 1 N–H and O–H groups in total. The zero-order valence-electron chi connectivity index (χ0n) is 10.9. The molecule has 1 unspecified atom stereocenters. The topological polar surface area (TPSA) is 12.0 Å². The van der Waals surface area contributed by atoms with Crippen molar-refractivity contribution >= 4 is 23.2 Å². The van der Waals surface area contributed by atoms with E-state index in [2.05, 4.69) is 18.3 Å². The van der Waals surface area contributed by atoms with Gasteiger partial charge in [-0.15, -0.1) is 0 Å². The van der Waals surface area contributed by atoms with Crippen LogP contribution in [0.2, 0.25) is 10.0 Å². The van der Waals surface area contributed by atoms with Crippen LogP contribution in [0.5, 0.6) is 0 Å². The van der Waals surface area contributed by atoms with E-state index >= 15 is 0 Å². The molecule has 1 aliphatic carbocycles. The van der Waals surface area contributed by atoms with Crippen molar-refractivity contribution in [3.8, 4) is 0 Å². The summed E-state index contributed by atoms with van der Waals surface area (Å²) in [6.45, 7) is 3.30. The normalized spacial score (nSPS) is 17.5. The minimum atomic E-state index is 0.567. The summed E-state index contributed by atoms with van der Waals surface area (Å²) in [4.78, 5) is 0. The second-order valence-corrected chi connectivity index (χ2v) is 6.04. The Kier molecular flexibility index (Phi) is 5.35. The minimum Gasteiger partial charge on any atom is -0.313 e.